The van der Waals surface area contributed by atoms with E-state index in [-0.39, 0.29) is 18.0 Å². The van der Waals surface area contributed by atoms with E-state index >= 15 is 0 Å². The number of fused-ring (bicyclic) bond motifs is 3. The van der Waals surface area contributed by atoms with Crippen LogP contribution in [0.1, 0.15) is 29.8 Å². The minimum absolute atomic E-state index is 0.0490. The van der Waals surface area contributed by atoms with Crippen molar-refractivity contribution < 1.29 is 9.53 Å². The van der Waals surface area contributed by atoms with E-state index in [1.54, 1.807) is 7.11 Å². The van der Waals surface area contributed by atoms with Gasteiger partial charge >= 0.3 is 0 Å². The lowest BCUT2D eigenvalue weighted by Crippen LogP contribution is -2.55. The third-order valence-electron chi connectivity index (χ3n) is 7.58. The molecule has 41 heavy (non-hydrogen) atoms. The highest BCUT2D eigenvalue weighted by Gasteiger charge is 2.26. The minimum Gasteiger partial charge on any atom is -0.495 e. The van der Waals surface area contributed by atoms with Crippen molar-refractivity contribution in [1.29, 1.82) is 0 Å². The highest BCUT2D eigenvalue weighted by Crippen LogP contribution is 2.43. The average Bonchev–Trinajstić information content (AvgIpc) is 3.13. The van der Waals surface area contributed by atoms with Crippen LogP contribution in [0.4, 0.5) is 23.0 Å². The predicted octanol–water partition coefficient (Wildman–Crippen LogP) is 6.07. The normalized spacial score (nSPS) is 18.2. The molecular formula is C32H33ClN6O2. The van der Waals surface area contributed by atoms with Gasteiger partial charge in [0.25, 0.3) is 5.91 Å². The van der Waals surface area contributed by atoms with Crippen molar-refractivity contribution in [2.75, 3.05) is 37.0 Å². The van der Waals surface area contributed by atoms with Crippen LogP contribution in [0, 0.1) is 0 Å². The SMILES string of the molecule is COc1ccccc1N1CCc2cnc(Nc3ccc(C(=O)N4CC(C)NC(C)C4)cc3)nc2-c2ccc(Cl)cc21. The molecule has 0 aliphatic carbocycles. The summed E-state index contributed by atoms with van der Waals surface area (Å²) in [6.45, 7) is 6.33. The molecule has 3 heterocycles. The number of halogens is 1. The van der Waals surface area contributed by atoms with Crippen LogP contribution in [0.15, 0.2) is 72.9 Å². The Morgan fingerprint density at radius 2 is 1.78 bits per heavy atom. The number of carbonyl (C=O) groups is 1. The van der Waals surface area contributed by atoms with Gasteiger partial charge in [0.1, 0.15) is 5.75 Å². The molecule has 0 saturated carbocycles. The first-order valence-electron chi connectivity index (χ1n) is 13.9. The molecule has 3 aromatic carbocycles. The number of rotatable bonds is 5. The Morgan fingerprint density at radius 3 is 2.54 bits per heavy atom. The van der Waals surface area contributed by atoms with Crippen LogP contribution in [-0.4, -0.2) is 59.6 Å². The van der Waals surface area contributed by atoms with E-state index in [0.717, 1.165) is 52.6 Å². The number of anilines is 4. The van der Waals surface area contributed by atoms with Crippen molar-refractivity contribution in [3.05, 3.63) is 89.1 Å². The lowest BCUT2D eigenvalue weighted by molar-refractivity contribution is 0.0674. The molecule has 4 aromatic rings. The maximum atomic E-state index is 13.1. The number of benzene rings is 3. The van der Waals surface area contributed by atoms with Gasteiger partial charge in [-0.2, -0.15) is 0 Å². The van der Waals surface area contributed by atoms with Crippen LogP contribution < -0.4 is 20.3 Å². The number of nitrogens with zero attached hydrogens (tertiary/aromatic N) is 4. The molecule has 2 N–H and O–H groups in total. The molecule has 6 rings (SSSR count). The van der Waals surface area contributed by atoms with Gasteiger partial charge < -0.3 is 25.2 Å². The second kappa shape index (κ2) is 11.4. The largest absolute Gasteiger partial charge is 0.495 e. The molecule has 0 radical (unpaired) electrons. The van der Waals surface area contributed by atoms with Crippen LogP contribution >= 0.6 is 11.6 Å². The summed E-state index contributed by atoms with van der Waals surface area (Å²) in [5.41, 5.74) is 6.30. The number of hydrogen-bond acceptors (Lipinski definition) is 7. The second-order valence-corrected chi connectivity index (χ2v) is 11.1. The molecule has 210 valence electrons. The molecule has 2 aliphatic heterocycles. The number of aromatic nitrogens is 2. The van der Waals surface area contributed by atoms with Crippen LogP contribution in [-0.2, 0) is 6.42 Å². The molecule has 8 nitrogen and oxygen atoms in total. The van der Waals surface area contributed by atoms with Gasteiger partial charge in [0, 0.05) is 59.8 Å². The van der Waals surface area contributed by atoms with Gasteiger partial charge in [0.2, 0.25) is 5.95 Å². The van der Waals surface area contributed by atoms with Gasteiger partial charge in [-0.05, 0) is 80.4 Å². The maximum Gasteiger partial charge on any atom is 0.253 e. The lowest BCUT2D eigenvalue weighted by Gasteiger charge is -2.36. The van der Waals surface area contributed by atoms with E-state index < -0.39 is 0 Å². The van der Waals surface area contributed by atoms with E-state index in [9.17, 15) is 4.79 Å². The van der Waals surface area contributed by atoms with E-state index in [2.05, 4.69) is 40.4 Å². The van der Waals surface area contributed by atoms with Gasteiger partial charge in [0.15, 0.2) is 0 Å². The molecule has 1 amide bonds. The van der Waals surface area contributed by atoms with Crippen LogP contribution in [0.25, 0.3) is 11.3 Å². The van der Waals surface area contributed by atoms with Crippen LogP contribution in [0.5, 0.6) is 5.75 Å². The highest BCUT2D eigenvalue weighted by atomic mass is 35.5. The zero-order valence-electron chi connectivity index (χ0n) is 23.4. The Hall–Kier alpha value is -4.14. The summed E-state index contributed by atoms with van der Waals surface area (Å²) in [6.07, 6.45) is 2.64. The van der Waals surface area contributed by atoms with Crippen molar-refractivity contribution in [3.63, 3.8) is 0 Å². The number of nitrogens with one attached hydrogen (secondary N) is 2. The first kappa shape index (κ1) is 27.1. The summed E-state index contributed by atoms with van der Waals surface area (Å²) in [5.74, 6) is 1.33. The molecule has 9 heteroatoms. The predicted molar refractivity (Wildman–Crippen MR) is 164 cm³/mol. The Balaban J connectivity index is 1.27. The molecule has 1 aromatic heterocycles. The number of amides is 1. The second-order valence-electron chi connectivity index (χ2n) is 10.7. The zero-order chi connectivity index (χ0) is 28.5. The number of methoxy groups -OCH3 is 1. The quantitative estimate of drug-likeness (QED) is 0.302. The Kier molecular flexibility index (Phi) is 7.51. The fraction of sp³-hybridized carbons (Fsp3) is 0.281. The smallest absolute Gasteiger partial charge is 0.253 e. The summed E-state index contributed by atoms with van der Waals surface area (Å²) < 4.78 is 5.67. The molecule has 2 atom stereocenters. The summed E-state index contributed by atoms with van der Waals surface area (Å²) >= 11 is 6.49. The van der Waals surface area contributed by atoms with Gasteiger partial charge in [-0.1, -0.05) is 23.7 Å². The van der Waals surface area contributed by atoms with Gasteiger partial charge in [-0.25, -0.2) is 9.97 Å². The Morgan fingerprint density at radius 1 is 1.02 bits per heavy atom. The van der Waals surface area contributed by atoms with E-state index in [1.165, 1.54) is 0 Å². The molecule has 0 bridgehead atoms. The molecule has 1 saturated heterocycles. The molecule has 0 spiro atoms. The van der Waals surface area contributed by atoms with Gasteiger partial charge in [-0.3, -0.25) is 4.79 Å². The van der Waals surface area contributed by atoms with E-state index in [4.69, 9.17) is 21.3 Å². The van der Waals surface area contributed by atoms with Crippen molar-refractivity contribution >= 4 is 40.5 Å². The summed E-state index contributed by atoms with van der Waals surface area (Å²) in [6, 6.07) is 21.9. The van der Waals surface area contributed by atoms with E-state index in [0.29, 0.717) is 29.6 Å². The molecule has 2 aliphatic rings. The molecule has 2 unspecified atom stereocenters. The summed E-state index contributed by atoms with van der Waals surface area (Å²) in [4.78, 5) is 26.8. The maximum absolute atomic E-state index is 13.1. The Bertz CT molecular complexity index is 1570. The number of hydrogen-bond donors (Lipinski definition) is 2. The third-order valence-corrected chi connectivity index (χ3v) is 7.82. The minimum atomic E-state index is 0.0490. The number of para-hydroxylation sites is 2. The van der Waals surface area contributed by atoms with Crippen LogP contribution in [0.2, 0.25) is 5.02 Å². The van der Waals surface area contributed by atoms with Crippen molar-refractivity contribution in [3.8, 4) is 17.0 Å². The van der Waals surface area contributed by atoms with Gasteiger partial charge in [0.05, 0.1) is 24.2 Å². The fourth-order valence-electron chi connectivity index (χ4n) is 5.77. The molecular weight excluding hydrogens is 536 g/mol. The number of carbonyl (C=O) groups excluding carboxylic acids is 1. The zero-order valence-corrected chi connectivity index (χ0v) is 24.2. The first-order valence-corrected chi connectivity index (χ1v) is 14.3. The number of ether oxygens (including phenoxy) is 1. The topological polar surface area (TPSA) is 82.6 Å². The van der Waals surface area contributed by atoms with Crippen LogP contribution in [0.3, 0.4) is 0 Å². The lowest BCUT2D eigenvalue weighted by atomic mass is 10.0. The Labute approximate surface area is 245 Å². The van der Waals surface area contributed by atoms with Gasteiger partial charge in [-0.15, -0.1) is 0 Å². The average molecular weight is 569 g/mol. The monoisotopic (exact) mass is 568 g/mol. The fourth-order valence-corrected chi connectivity index (χ4v) is 5.93. The van der Waals surface area contributed by atoms with E-state index in [1.807, 2.05) is 71.8 Å². The first-order chi connectivity index (χ1) is 19.9. The molecule has 1 fully saturated rings. The third kappa shape index (κ3) is 5.58. The van der Waals surface area contributed by atoms with Crippen molar-refractivity contribution in [2.24, 2.45) is 0 Å². The summed E-state index contributed by atoms with van der Waals surface area (Å²) in [5, 5.41) is 7.44. The summed E-state index contributed by atoms with van der Waals surface area (Å²) in [7, 11) is 1.68. The van der Waals surface area contributed by atoms with Crippen molar-refractivity contribution in [2.45, 2.75) is 32.4 Å². The highest BCUT2D eigenvalue weighted by molar-refractivity contribution is 6.31. The standard InChI is InChI=1S/C32H33ClN6O2/c1-20-18-38(19-21(2)35-20)31(40)22-8-11-25(12-9-22)36-32-34-17-23-14-15-39(27-6-4-5-7-29(27)41-3)28-16-24(33)10-13-26(28)30(23)37-32/h4-13,16-17,20-21,35H,14-15,18-19H2,1-3H3,(H,34,36,37). The van der Waals surface area contributed by atoms with Crippen molar-refractivity contribution in [1.82, 2.24) is 20.2 Å². The number of piperazine rings is 1.